The monoisotopic (exact) mass is 272 g/mol. The lowest BCUT2D eigenvalue weighted by Gasteiger charge is -2.05. The van der Waals surface area contributed by atoms with Gasteiger partial charge in [-0.3, -0.25) is 0 Å². The minimum absolute atomic E-state index is 0.0337. The number of aromatic nitrogens is 2. The Morgan fingerprint density at radius 1 is 0.800 bits per heavy atom. The van der Waals surface area contributed by atoms with Crippen LogP contribution in [-0.2, 0) is 9.47 Å². The average Bonchev–Trinajstić information content (AvgIpc) is 2.53. The first-order chi connectivity index (χ1) is 9.77. The summed E-state index contributed by atoms with van der Waals surface area (Å²) < 4.78 is 9.83. The molecule has 0 atom stereocenters. The molecular formula is C14H12N2O4. The number of carbonyl (C=O) groups is 2. The zero-order valence-electron chi connectivity index (χ0n) is 10.6. The highest BCUT2D eigenvalue weighted by Crippen LogP contribution is 1.98. The van der Waals surface area contributed by atoms with Gasteiger partial charge in [0.15, 0.2) is 0 Å². The molecule has 0 fully saturated rings. The molecule has 102 valence electrons. The Labute approximate surface area is 115 Å². The predicted molar refractivity (Wildman–Crippen MR) is 69.0 cm³/mol. The van der Waals surface area contributed by atoms with Crippen LogP contribution in [0.4, 0.5) is 0 Å². The summed E-state index contributed by atoms with van der Waals surface area (Å²) in [5, 5.41) is 0. The number of hydrogen-bond acceptors (Lipinski definition) is 6. The molecule has 0 amide bonds. The number of esters is 2. The molecular weight excluding hydrogens is 260 g/mol. The summed E-state index contributed by atoms with van der Waals surface area (Å²) in [7, 11) is 0. The Kier molecular flexibility index (Phi) is 4.77. The lowest BCUT2D eigenvalue weighted by atomic mass is 10.3. The van der Waals surface area contributed by atoms with Gasteiger partial charge in [0, 0.05) is 12.4 Å². The first kappa shape index (κ1) is 13.7. The number of carbonyl (C=O) groups excluding carboxylic acids is 2. The molecule has 0 saturated heterocycles. The molecule has 6 heteroatoms. The second-order valence-electron chi connectivity index (χ2n) is 3.70. The smallest absolute Gasteiger partial charge is 0.357 e. The molecule has 2 aromatic heterocycles. The molecule has 20 heavy (non-hydrogen) atoms. The largest absolute Gasteiger partial charge is 0.457 e. The molecule has 0 unspecified atom stereocenters. The number of ether oxygens (including phenoxy) is 2. The molecule has 0 aliphatic carbocycles. The fourth-order valence-corrected chi connectivity index (χ4v) is 1.38. The van der Waals surface area contributed by atoms with Gasteiger partial charge < -0.3 is 9.47 Å². The van der Waals surface area contributed by atoms with Crippen LogP contribution in [0.1, 0.15) is 21.0 Å². The molecule has 0 aromatic carbocycles. The second-order valence-corrected chi connectivity index (χ2v) is 3.70. The molecule has 0 radical (unpaired) electrons. The highest BCUT2D eigenvalue weighted by molar-refractivity contribution is 5.87. The van der Waals surface area contributed by atoms with Crippen molar-refractivity contribution in [3.8, 4) is 0 Å². The van der Waals surface area contributed by atoms with E-state index in [9.17, 15) is 9.59 Å². The first-order valence-corrected chi connectivity index (χ1v) is 5.93. The fourth-order valence-electron chi connectivity index (χ4n) is 1.38. The van der Waals surface area contributed by atoms with Crippen molar-refractivity contribution >= 4 is 11.9 Å². The Hall–Kier alpha value is -2.76. The molecule has 0 aliphatic heterocycles. The van der Waals surface area contributed by atoms with Gasteiger partial charge in [0.05, 0.1) is 0 Å². The maximum Gasteiger partial charge on any atom is 0.357 e. The number of rotatable bonds is 5. The van der Waals surface area contributed by atoms with Crippen LogP contribution in [-0.4, -0.2) is 35.1 Å². The zero-order valence-corrected chi connectivity index (χ0v) is 10.6. The molecule has 2 aromatic rings. The van der Waals surface area contributed by atoms with Crippen molar-refractivity contribution < 1.29 is 19.1 Å². The van der Waals surface area contributed by atoms with E-state index in [1.807, 2.05) is 0 Å². The van der Waals surface area contributed by atoms with Crippen molar-refractivity contribution in [1.82, 2.24) is 9.97 Å². The Bertz CT molecular complexity index is 519. The van der Waals surface area contributed by atoms with E-state index in [-0.39, 0.29) is 24.6 Å². The van der Waals surface area contributed by atoms with Gasteiger partial charge in [0.1, 0.15) is 24.6 Å². The summed E-state index contributed by atoms with van der Waals surface area (Å²) in [6.07, 6.45) is 3.00. The first-order valence-electron chi connectivity index (χ1n) is 5.93. The molecule has 0 N–H and O–H groups in total. The SMILES string of the molecule is O=C(OCCOC(=O)c1ccccn1)c1ccccn1. The molecule has 0 aliphatic rings. The van der Waals surface area contributed by atoms with E-state index in [4.69, 9.17) is 9.47 Å². The normalized spacial score (nSPS) is 9.80. The standard InChI is InChI=1S/C14H12N2O4/c17-13(11-5-1-3-7-15-11)19-9-10-20-14(18)12-6-2-4-8-16-12/h1-8H,9-10H2. The Balaban J connectivity index is 1.72. The van der Waals surface area contributed by atoms with Crippen LogP contribution in [0.2, 0.25) is 0 Å². The summed E-state index contributed by atoms with van der Waals surface area (Å²) in [4.78, 5) is 30.7. The molecule has 6 nitrogen and oxygen atoms in total. The van der Waals surface area contributed by atoms with E-state index in [1.54, 1.807) is 36.4 Å². The van der Waals surface area contributed by atoms with Crippen LogP contribution in [0, 0.1) is 0 Å². The van der Waals surface area contributed by atoms with Crippen molar-refractivity contribution in [2.45, 2.75) is 0 Å². The minimum Gasteiger partial charge on any atom is -0.457 e. The predicted octanol–water partition coefficient (Wildman–Crippen LogP) is 1.49. The van der Waals surface area contributed by atoms with Crippen LogP contribution in [0.5, 0.6) is 0 Å². The van der Waals surface area contributed by atoms with Crippen molar-refractivity contribution in [2.75, 3.05) is 13.2 Å². The Morgan fingerprint density at radius 3 is 1.60 bits per heavy atom. The molecule has 2 rings (SSSR count). The van der Waals surface area contributed by atoms with Crippen LogP contribution >= 0.6 is 0 Å². The summed E-state index contributed by atoms with van der Waals surface area (Å²) in [5.41, 5.74) is 0.423. The van der Waals surface area contributed by atoms with E-state index >= 15 is 0 Å². The maximum absolute atomic E-state index is 11.5. The summed E-state index contributed by atoms with van der Waals surface area (Å²) in [6, 6.07) is 9.86. The molecule has 0 saturated carbocycles. The van der Waals surface area contributed by atoms with Gasteiger partial charge in [-0.1, -0.05) is 12.1 Å². The van der Waals surface area contributed by atoms with E-state index in [2.05, 4.69) is 9.97 Å². The van der Waals surface area contributed by atoms with Crippen LogP contribution in [0.25, 0.3) is 0 Å². The van der Waals surface area contributed by atoms with Gasteiger partial charge >= 0.3 is 11.9 Å². The van der Waals surface area contributed by atoms with Gasteiger partial charge in [-0.2, -0.15) is 0 Å². The second kappa shape index (κ2) is 6.98. The van der Waals surface area contributed by atoms with Gasteiger partial charge in [0.25, 0.3) is 0 Å². The van der Waals surface area contributed by atoms with E-state index < -0.39 is 11.9 Å². The highest BCUT2D eigenvalue weighted by Gasteiger charge is 2.10. The highest BCUT2D eigenvalue weighted by atomic mass is 16.6. The van der Waals surface area contributed by atoms with Gasteiger partial charge in [-0.15, -0.1) is 0 Å². The number of nitrogens with zero attached hydrogens (tertiary/aromatic N) is 2. The molecule has 0 spiro atoms. The van der Waals surface area contributed by atoms with Crippen LogP contribution in [0.15, 0.2) is 48.8 Å². The zero-order chi connectivity index (χ0) is 14.2. The maximum atomic E-state index is 11.5. The quantitative estimate of drug-likeness (QED) is 0.606. The van der Waals surface area contributed by atoms with Gasteiger partial charge in [0.2, 0.25) is 0 Å². The van der Waals surface area contributed by atoms with Crippen molar-refractivity contribution in [3.63, 3.8) is 0 Å². The van der Waals surface area contributed by atoms with E-state index in [0.717, 1.165) is 0 Å². The lowest BCUT2D eigenvalue weighted by molar-refractivity contribution is 0.0258. The minimum atomic E-state index is -0.556. The number of hydrogen-bond donors (Lipinski definition) is 0. The van der Waals surface area contributed by atoms with Gasteiger partial charge in [-0.25, -0.2) is 19.6 Å². The third kappa shape index (κ3) is 3.88. The fraction of sp³-hybridized carbons (Fsp3) is 0.143. The van der Waals surface area contributed by atoms with E-state index in [1.165, 1.54) is 12.4 Å². The molecule has 0 bridgehead atoms. The summed E-state index contributed by atoms with van der Waals surface area (Å²) >= 11 is 0. The lowest BCUT2D eigenvalue weighted by Crippen LogP contribution is -2.15. The topological polar surface area (TPSA) is 78.4 Å². The van der Waals surface area contributed by atoms with Crippen molar-refractivity contribution in [3.05, 3.63) is 60.2 Å². The van der Waals surface area contributed by atoms with E-state index in [0.29, 0.717) is 0 Å². The van der Waals surface area contributed by atoms with Gasteiger partial charge in [-0.05, 0) is 24.3 Å². The van der Waals surface area contributed by atoms with Crippen LogP contribution in [0.3, 0.4) is 0 Å². The van der Waals surface area contributed by atoms with Crippen LogP contribution < -0.4 is 0 Å². The summed E-state index contributed by atoms with van der Waals surface area (Å²) in [6.45, 7) is -0.0675. The van der Waals surface area contributed by atoms with Crippen molar-refractivity contribution in [1.29, 1.82) is 0 Å². The Morgan fingerprint density at radius 2 is 1.25 bits per heavy atom. The average molecular weight is 272 g/mol. The third-order valence-electron chi connectivity index (χ3n) is 2.30. The molecule has 2 heterocycles. The number of pyridine rings is 2. The summed E-state index contributed by atoms with van der Waals surface area (Å²) in [5.74, 6) is -1.11. The van der Waals surface area contributed by atoms with Crippen molar-refractivity contribution in [2.24, 2.45) is 0 Å². The third-order valence-corrected chi connectivity index (χ3v) is 2.30.